The van der Waals surface area contributed by atoms with Crippen molar-refractivity contribution in [1.82, 2.24) is 10.9 Å². The van der Waals surface area contributed by atoms with E-state index in [1.165, 1.54) is 0 Å². The van der Waals surface area contributed by atoms with E-state index >= 15 is 0 Å². The van der Waals surface area contributed by atoms with E-state index in [1.807, 2.05) is 91.9 Å². The standard InChI is InChI=1S/C24H24N2O3/c1-18(19-10-4-2-5-11-19)16-23(27)25-26-24(28)17-29-22-15-9-8-14-21(22)20-12-6-3-7-13-20/h2-15,18H,16-17H2,1H3,(H,25,27)(H,26,28)/t18-/m0/s1. The van der Waals surface area contributed by atoms with Crippen LogP contribution < -0.4 is 15.6 Å². The lowest BCUT2D eigenvalue weighted by atomic mass is 9.98. The fraction of sp³-hybridized carbons (Fsp3) is 0.167. The molecule has 3 rings (SSSR count). The number of carbonyl (C=O) groups excluding carboxylic acids is 2. The predicted molar refractivity (Wildman–Crippen MR) is 113 cm³/mol. The quantitative estimate of drug-likeness (QED) is 0.600. The highest BCUT2D eigenvalue weighted by molar-refractivity contribution is 5.83. The molecule has 29 heavy (non-hydrogen) atoms. The van der Waals surface area contributed by atoms with Gasteiger partial charge in [0.25, 0.3) is 5.91 Å². The Kier molecular flexibility index (Phi) is 7.00. The summed E-state index contributed by atoms with van der Waals surface area (Å²) in [5, 5.41) is 0. The van der Waals surface area contributed by atoms with Crippen LogP contribution in [0.2, 0.25) is 0 Å². The summed E-state index contributed by atoms with van der Waals surface area (Å²) in [7, 11) is 0. The van der Waals surface area contributed by atoms with Crippen molar-refractivity contribution in [2.24, 2.45) is 0 Å². The summed E-state index contributed by atoms with van der Waals surface area (Å²) >= 11 is 0. The number of carbonyl (C=O) groups is 2. The van der Waals surface area contributed by atoms with Crippen LogP contribution in [-0.2, 0) is 9.59 Å². The fourth-order valence-corrected chi connectivity index (χ4v) is 3.00. The first-order valence-corrected chi connectivity index (χ1v) is 9.53. The molecular weight excluding hydrogens is 364 g/mol. The molecule has 148 valence electrons. The van der Waals surface area contributed by atoms with Crippen LogP contribution >= 0.6 is 0 Å². The summed E-state index contributed by atoms with van der Waals surface area (Å²) < 4.78 is 5.67. The van der Waals surface area contributed by atoms with E-state index in [1.54, 1.807) is 0 Å². The first-order valence-electron chi connectivity index (χ1n) is 9.53. The molecule has 5 nitrogen and oxygen atoms in total. The third-order valence-electron chi connectivity index (χ3n) is 4.53. The number of ether oxygens (including phenoxy) is 1. The summed E-state index contributed by atoms with van der Waals surface area (Å²) in [5.41, 5.74) is 7.84. The van der Waals surface area contributed by atoms with Gasteiger partial charge in [-0.3, -0.25) is 20.4 Å². The fourth-order valence-electron chi connectivity index (χ4n) is 3.00. The zero-order valence-electron chi connectivity index (χ0n) is 16.3. The van der Waals surface area contributed by atoms with Gasteiger partial charge in [0, 0.05) is 12.0 Å². The molecular formula is C24H24N2O3. The van der Waals surface area contributed by atoms with Gasteiger partial charge in [-0.2, -0.15) is 0 Å². The van der Waals surface area contributed by atoms with Crippen molar-refractivity contribution in [2.45, 2.75) is 19.3 Å². The van der Waals surface area contributed by atoms with E-state index in [9.17, 15) is 9.59 Å². The monoisotopic (exact) mass is 388 g/mol. The summed E-state index contributed by atoms with van der Waals surface area (Å²) in [4.78, 5) is 24.2. The minimum Gasteiger partial charge on any atom is -0.483 e. The van der Waals surface area contributed by atoms with Gasteiger partial charge in [0.1, 0.15) is 5.75 Å². The molecule has 2 N–H and O–H groups in total. The lowest BCUT2D eigenvalue weighted by Crippen LogP contribution is -2.44. The van der Waals surface area contributed by atoms with E-state index in [-0.39, 0.29) is 24.9 Å². The summed E-state index contributed by atoms with van der Waals surface area (Å²) in [6.07, 6.45) is 0.280. The molecule has 2 amide bonds. The highest BCUT2D eigenvalue weighted by atomic mass is 16.5. The lowest BCUT2D eigenvalue weighted by Gasteiger charge is -2.14. The van der Waals surface area contributed by atoms with Gasteiger partial charge >= 0.3 is 0 Å². The van der Waals surface area contributed by atoms with Crippen LogP contribution in [-0.4, -0.2) is 18.4 Å². The van der Waals surface area contributed by atoms with Crippen LogP contribution in [0.1, 0.15) is 24.8 Å². The Hall–Kier alpha value is -3.60. The Morgan fingerprint density at radius 1 is 0.793 bits per heavy atom. The Labute approximate surface area is 170 Å². The van der Waals surface area contributed by atoms with Gasteiger partial charge in [-0.25, -0.2) is 0 Å². The molecule has 0 spiro atoms. The Morgan fingerprint density at radius 2 is 1.38 bits per heavy atom. The number of hydrazine groups is 1. The van der Waals surface area contributed by atoms with Gasteiger partial charge < -0.3 is 4.74 Å². The topological polar surface area (TPSA) is 67.4 Å². The average molecular weight is 388 g/mol. The maximum absolute atomic E-state index is 12.1. The third kappa shape index (κ3) is 5.94. The zero-order valence-corrected chi connectivity index (χ0v) is 16.3. The molecule has 0 aliphatic carbocycles. The third-order valence-corrected chi connectivity index (χ3v) is 4.53. The minimum absolute atomic E-state index is 0.0575. The molecule has 0 radical (unpaired) electrons. The summed E-state index contributed by atoms with van der Waals surface area (Å²) in [6.45, 7) is 1.78. The molecule has 3 aromatic carbocycles. The van der Waals surface area contributed by atoms with E-state index < -0.39 is 5.91 Å². The van der Waals surface area contributed by atoms with Crippen LogP contribution in [0.25, 0.3) is 11.1 Å². The highest BCUT2D eigenvalue weighted by Crippen LogP contribution is 2.29. The number of benzene rings is 3. The number of para-hydroxylation sites is 1. The van der Waals surface area contributed by atoms with Crippen LogP contribution in [0.15, 0.2) is 84.9 Å². The van der Waals surface area contributed by atoms with Gasteiger partial charge in [0.2, 0.25) is 5.91 Å². The molecule has 3 aromatic rings. The molecule has 0 saturated heterocycles. The van der Waals surface area contributed by atoms with Crippen molar-refractivity contribution in [2.75, 3.05) is 6.61 Å². The zero-order chi connectivity index (χ0) is 20.5. The van der Waals surface area contributed by atoms with E-state index in [2.05, 4.69) is 10.9 Å². The van der Waals surface area contributed by atoms with Crippen molar-refractivity contribution < 1.29 is 14.3 Å². The van der Waals surface area contributed by atoms with Gasteiger partial charge in [-0.1, -0.05) is 85.8 Å². The second-order valence-electron chi connectivity index (χ2n) is 6.76. The van der Waals surface area contributed by atoms with Gasteiger partial charge in [-0.05, 0) is 23.1 Å². The number of hydrogen-bond acceptors (Lipinski definition) is 3. The van der Waals surface area contributed by atoms with Crippen molar-refractivity contribution in [3.63, 3.8) is 0 Å². The number of rotatable bonds is 7. The van der Waals surface area contributed by atoms with Crippen LogP contribution in [0.3, 0.4) is 0 Å². The van der Waals surface area contributed by atoms with Crippen molar-refractivity contribution in [3.05, 3.63) is 90.5 Å². The lowest BCUT2D eigenvalue weighted by molar-refractivity contribution is -0.130. The molecule has 0 aliphatic heterocycles. The van der Waals surface area contributed by atoms with Crippen LogP contribution in [0.4, 0.5) is 0 Å². The number of nitrogens with one attached hydrogen (secondary N) is 2. The Bertz CT molecular complexity index is 943. The normalized spacial score (nSPS) is 11.3. The molecule has 0 bridgehead atoms. The van der Waals surface area contributed by atoms with Gasteiger partial charge in [0.05, 0.1) is 0 Å². The largest absolute Gasteiger partial charge is 0.483 e. The SMILES string of the molecule is C[C@@H](CC(=O)NNC(=O)COc1ccccc1-c1ccccc1)c1ccccc1. The second-order valence-corrected chi connectivity index (χ2v) is 6.76. The summed E-state index contributed by atoms with van der Waals surface area (Å²) in [5.74, 6) is -0.00653. The van der Waals surface area contributed by atoms with Crippen LogP contribution in [0.5, 0.6) is 5.75 Å². The number of amides is 2. The minimum atomic E-state index is -0.423. The molecule has 1 atom stereocenters. The molecule has 0 aromatic heterocycles. The maximum Gasteiger partial charge on any atom is 0.276 e. The number of hydrogen-bond donors (Lipinski definition) is 2. The smallest absolute Gasteiger partial charge is 0.276 e. The van der Waals surface area contributed by atoms with Crippen molar-refractivity contribution >= 4 is 11.8 Å². The van der Waals surface area contributed by atoms with Crippen LogP contribution in [0, 0.1) is 0 Å². The maximum atomic E-state index is 12.1. The molecule has 0 aliphatic rings. The Morgan fingerprint density at radius 3 is 2.10 bits per heavy atom. The molecule has 0 saturated carbocycles. The van der Waals surface area contributed by atoms with Gasteiger partial charge in [0.15, 0.2) is 6.61 Å². The molecule has 0 heterocycles. The van der Waals surface area contributed by atoms with Gasteiger partial charge in [-0.15, -0.1) is 0 Å². The Balaban J connectivity index is 1.48. The molecule has 0 unspecified atom stereocenters. The van der Waals surface area contributed by atoms with E-state index in [4.69, 9.17) is 4.74 Å². The molecule has 0 fully saturated rings. The van der Waals surface area contributed by atoms with Crippen molar-refractivity contribution in [1.29, 1.82) is 0 Å². The molecule has 5 heteroatoms. The van der Waals surface area contributed by atoms with E-state index in [0.717, 1.165) is 16.7 Å². The first-order chi connectivity index (χ1) is 14.1. The second kappa shape index (κ2) is 10.1. The van der Waals surface area contributed by atoms with E-state index in [0.29, 0.717) is 5.75 Å². The first kappa shape index (κ1) is 20.1. The summed E-state index contributed by atoms with van der Waals surface area (Å²) in [6, 6.07) is 27.1. The predicted octanol–water partition coefficient (Wildman–Crippen LogP) is 4.07. The van der Waals surface area contributed by atoms with Crippen molar-refractivity contribution in [3.8, 4) is 16.9 Å². The highest BCUT2D eigenvalue weighted by Gasteiger charge is 2.12. The average Bonchev–Trinajstić information content (AvgIpc) is 2.77.